The number of hydrogen-bond donors (Lipinski definition) is 3. The number of imidazole rings is 1. The van der Waals surface area contributed by atoms with Gasteiger partial charge in [-0.05, 0) is 43.0 Å². The van der Waals surface area contributed by atoms with E-state index in [1.807, 2.05) is 24.3 Å². The van der Waals surface area contributed by atoms with E-state index in [-0.39, 0.29) is 6.03 Å². The molecular formula is C18H20N4O. The average Bonchev–Trinajstić information content (AvgIpc) is 3.03. The molecule has 3 aromatic rings. The number of carbonyl (C=O) groups excluding carboxylic acids is 1. The second-order valence-electron chi connectivity index (χ2n) is 5.46. The molecule has 0 aliphatic heterocycles. The molecule has 0 spiro atoms. The molecule has 0 saturated carbocycles. The highest BCUT2D eigenvalue weighted by Gasteiger charge is 2.03. The number of aromatic nitrogens is 2. The molecular weight excluding hydrogens is 288 g/mol. The second kappa shape index (κ2) is 7.45. The van der Waals surface area contributed by atoms with Crippen molar-refractivity contribution in [2.24, 2.45) is 0 Å². The number of rotatable bonds is 6. The highest BCUT2D eigenvalue weighted by molar-refractivity contribution is 5.91. The van der Waals surface area contributed by atoms with Crippen LogP contribution in [0, 0.1) is 0 Å². The molecule has 2 amide bonds. The van der Waals surface area contributed by atoms with Gasteiger partial charge in [0.15, 0.2) is 0 Å². The number of benzene rings is 2. The van der Waals surface area contributed by atoms with E-state index in [9.17, 15) is 4.79 Å². The van der Waals surface area contributed by atoms with Gasteiger partial charge >= 0.3 is 6.03 Å². The summed E-state index contributed by atoms with van der Waals surface area (Å²) in [6, 6.07) is 15.8. The van der Waals surface area contributed by atoms with Crippen molar-refractivity contribution in [1.82, 2.24) is 15.3 Å². The van der Waals surface area contributed by atoms with Gasteiger partial charge in [-0.3, -0.25) is 0 Å². The Balaban J connectivity index is 1.37. The molecule has 0 radical (unpaired) electrons. The smallest absolute Gasteiger partial charge is 0.319 e. The van der Waals surface area contributed by atoms with Crippen molar-refractivity contribution in [3.8, 4) is 0 Å². The Hall–Kier alpha value is -2.82. The van der Waals surface area contributed by atoms with Gasteiger partial charge in [-0.25, -0.2) is 9.78 Å². The largest absolute Gasteiger partial charge is 0.345 e. The molecule has 23 heavy (non-hydrogen) atoms. The van der Waals surface area contributed by atoms with Crippen molar-refractivity contribution in [2.45, 2.75) is 19.3 Å². The molecule has 5 heteroatoms. The van der Waals surface area contributed by atoms with Gasteiger partial charge in [-0.1, -0.05) is 30.3 Å². The summed E-state index contributed by atoms with van der Waals surface area (Å²) in [6.45, 7) is 0.672. The molecule has 0 saturated heterocycles. The number of H-pyrrole nitrogens is 1. The fraction of sp³-hybridized carbons (Fsp3) is 0.222. The third-order valence-corrected chi connectivity index (χ3v) is 3.70. The number of hydrogen-bond acceptors (Lipinski definition) is 2. The van der Waals surface area contributed by atoms with E-state index in [0.29, 0.717) is 6.54 Å². The van der Waals surface area contributed by atoms with E-state index in [0.717, 1.165) is 36.0 Å². The van der Waals surface area contributed by atoms with E-state index >= 15 is 0 Å². The number of nitrogens with zero attached hydrogens (tertiary/aromatic N) is 1. The zero-order valence-corrected chi connectivity index (χ0v) is 12.9. The summed E-state index contributed by atoms with van der Waals surface area (Å²) in [6.07, 6.45) is 4.70. The van der Waals surface area contributed by atoms with Crippen LogP contribution in [0.3, 0.4) is 0 Å². The maximum Gasteiger partial charge on any atom is 0.319 e. The van der Waals surface area contributed by atoms with E-state index < -0.39 is 0 Å². The van der Waals surface area contributed by atoms with Crippen LogP contribution >= 0.6 is 0 Å². The standard InChI is InChI=1S/C18H20N4O/c23-18(19-11-5-4-8-14-6-2-1-3-7-14)22-15-9-10-16-17(12-15)21-13-20-16/h1-3,6-7,9-10,12-13H,4-5,8,11H2,(H,20,21)(H2,19,22,23). The molecule has 3 rings (SSSR count). The summed E-state index contributed by atoms with van der Waals surface area (Å²) in [5.41, 5.74) is 3.89. The minimum Gasteiger partial charge on any atom is -0.345 e. The van der Waals surface area contributed by atoms with Gasteiger partial charge < -0.3 is 15.6 Å². The van der Waals surface area contributed by atoms with Gasteiger partial charge in [0.2, 0.25) is 0 Å². The molecule has 1 heterocycles. The molecule has 0 aliphatic rings. The highest BCUT2D eigenvalue weighted by Crippen LogP contribution is 2.15. The third kappa shape index (κ3) is 4.32. The number of urea groups is 1. The van der Waals surface area contributed by atoms with Crippen molar-refractivity contribution >= 4 is 22.8 Å². The van der Waals surface area contributed by atoms with Crippen molar-refractivity contribution in [3.63, 3.8) is 0 Å². The topological polar surface area (TPSA) is 69.8 Å². The third-order valence-electron chi connectivity index (χ3n) is 3.70. The van der Waals surface area contributed by atoms with Gasteiger partial charge in [0.25, 0.3) is 0 Å². The molecule has 5 nitrogen and oxygen atoms in total. The Labute approximate surface area is 135 Å². The predicted octanol–water partition coefficient (Wildman–Crippen LogP) is 3.71. The zero-order chi connectivity index (χ0) is 15.9. The first-order chi connectivity index (χ1) is 11.3. The van der Waals surface area contributed by atoms with Crippen LogP contribution in [0.25, 0.3) is 11.0 Å². The Morgan fingerprint density at radius 1 is 1.09 bits per heavy atom. The van der Waals surface area contributed by atoms with Gasteiger partial charge in [0.05, 0.1) is 17.4 Å². The Bertz CT molecular complexity index is 767. The number of aryl methyl sites for hydroxylation is 1. The average molecular weight is 308 g/mol. The number of anilines is 1. The van der Waals surface area contributed by atoms with E-state index in [4.69, 9.17) is 0 Å². The van der Waals surface area contributed by atoms with Crippen LogP contribution in [0.4, 0.5) is 10.5 Å². The van der Waals surface area contributed by atoms with Crippen molar-refractivity contribution in [3.05, 3.63) is 60.4 Å². The number of amides is 2. The number of unbranched alkanes of at least 4 members (excludes halogenated alkanes) is 1. The summed E-state index contributed by atoms with van der Waals surface area (Å²) >= 11 is 0. The van der Waals surface area contributed by atoms with Crippen molar-refractivity contribution < 1.29 is 4.79 Å². The first-order valence-corrected chi connectivity index (χ1v) is 7.83. The van der Waals surface area contributed by atoms with E-state index in [1.54, 1.807) is 6.33 Å². The molecule has 0 bridgehead atoms. The maximum absolute atomic E-state index is 11.9. The summed E-state index contributed by atoms with van der Waals surface area (Å²) in [5.74, 6) is 0. The number of fused-ring (bicyclic) bond motifs is 1. The SMILES string of the molecule is O=C(NCCCCc1ccccc1)Nc1ccc2nc[nH]c2c1. The summed E-state index contributed by atoms with van der Waals surface area (Å²) < 4.78 is 0. The summed E-state index contributed by atoms with van der Waals surface area (Å²) in [5, 5.41) is 5.72. The van der Waals surface area contributed by atoms with Crippen LogP contribution < -0.4 is 10.6 Å². The Morgan fingerprint density at radius 2 is 1.96 bits per heavy atom. The number of carbonyl (C=O) groups is 1. The van der Waals surface area contributed by atoms with Crippen LogP contribution in [0.1, 0.15) is 18.4 Å². The Kier molecular flexibility index (Phi) is 4.88. The summed E-state index contributed by atoms with van der Waals surface area (Å²) in [4.78, 5) is 19.0. The number of nitrogens with one attached hydrogen (secondary N) is 3. The lowest BCUT2D eigenvalue weighted by Crippen LogP contribution is -2.29. The molecule has 0 atom stereocenters. The lowest BCUT2D eigenvalue weighted by Gasteiger charge is -2.07. The van der Waals surface area contributed by atoms with Crippen LogP contribution in [0.15, 0.2) is 54.9 Å². The second-order valence-corrected chi connectivity index (χ2v) is 5.46. The highest BCUT2D eigenvalue weighted by atomic mass is 16.2. The fourth-order valence-corrected chi connectivity index (χ4v) is 2.49. The van der Waals surface area contributed by atoms with Crippen molar-refractivity contribution in [1.29, 1.82) is 0 Å². The molecule has 1 aromatic heterocycles. The zero-order valence-electron chi connectivity index (χ0n) is 12.9. The Morgan fingerprint density at radius 3 is 2.83 bits per heavy atom. The van der Waals surface area contributed by atoms with Gasteiger partial charge in [0, 0.05) is 12.2 Å². The first-order valence-electron chi connectivity index (χ1n) is 7.83. The molecule has 118 valence electrons. The fourth-order valence-electron chi connectivity index (χ4n) is 2.49. The molecule has 2 aromatic carbocycles. The van der Waals surface area contributed by atoms with Crippen LogP contribution in [-0.2, 0) is 6.42 Å². The van der Waals surface area contributed by atoms with Gasteiger partial charge in [0.1, 0.15) is 0 Å². The quantitative estimate of drug-likeness (QED) is 0.608. The van der Waals surface area contributed by atoms with Crippen molar-refractivity contribution in [2.75, 3.05) is 11.9 Å². The summed E-state index contributed by atoms with van der Waals surface area (Å²) in [7, 11) is 0. The maximum atomic E-state index is 11.9. The molecule has 0 unspecified atom stereocenters. The lowest BCUT2D eigenvalue weighted by atomic mass is 10.1. The van der Waals surface area contributed by atoms with E-state index in [1.165, 1.54) is 5.56 Å². The lowest BCUT2D eigenvalue weighted by molar-refractivity contribution is 0.252. The minimum absolute atomic E-state index is 0.177. The minimum atomic E-state index is -0.177. The first kappa shape index (κ1) is 15.1. The van der Waals surface area contributed by atoms with Crippen LogP contribution in [0.5, 0.6) is 0 Å². The molecule has 0 fully saturated rings. The van der Waals surface area contributed by atoms with Crippen LogP contribution in [0.2, 0.25) is 0 Å². The van der Waals surface area contributed by atoms with Crippen LogP contribution in [-0.4, -0.2) is 22.5 Å². The predicted molar refractivity (Wildman–Crippen MR) is 92.5 cm³/mol. The molecule has 3 N–H and O–H groups in total. The van der Waals surface area contributed by atoms with E-state index in [2.05, 4.69) is 44.9 Å². The molecule has 0 aliphatic carbocycles. The monoisotopic (exact) mass is 308 g/mol. The number of aromatic amines is 1. The van der Waals surface area contributed by atoms with Gasteiger partial charge in [-0.2, -0.15) is 0 Å². The normalized spacial score (nSPS) is 10.6. The van der Waals surface area contributed by atoms with Gasteiger partial charge in [-0.15, -0.1) is 0 Å².